The maximum absolute atomic E-state index is 13.2. The molecule has 0 aliphatic heterocycles. The Hall–Kier alpha value is -0.820. The predicted octanol–water partition coefficient (Wildman–Crippen LogP) is 1.93. The van der Waals surface area contributed by atoms with Crippen molar-refractivity contribution in [2.24, 2.45) is 0 Å². The summed E-state index contributed by atoms with van der Waals surface area (Å²) in [5, 5.41) is 0. The van der Waals surface area contributed by atoms with Crippen LogP contribution in [0.4, 0.5) is 10.1 Å². The van der Waals surface area contributed by atoms with E-state index in [1.54, 1.807) is 0 Å². The van der Waals surface area contributed by atoms with Gasteiger partial charge in [-0.2, -0.15) is 0 Å². The minimum absolute atomic E-state index is 0.0665. The number of hydrogen-bond donors (Lipinski definition) is 1. The third-order valence-corrected chi connectivity index (χ3v) is 4.21. The molecular weight excluding hydrogens is 289 g/mol. The van der Waals surface area contributed by atoms with Crippen molar-refractivity contribution in [3.63, 3.8) is 0 Å². The molecule has 1 aromatic carbocycles. The zero-order valence-corrected chi connectivity index (χ0v) is 10.2. The SMILES string of the molecule is COc1ccc(NS(=O)(=O)CBr)cc1F. The third-order valence-electron chi connectivity index (χ3n) is 1.57. The highest BCUT2D eigenvalue weighted by molar-refractivity contribution is 9.10. The Balaban J connectivity index is 2.94. The van der Waals surface area contributed by atoms with Gasteiger partial charge in [0.05, 0.1) is 12.8 Å². The number of nitrogens with one attached hydrogen (secondary N) is 1. The summed E-state index contributed by atoms with van der Waals surface area (Å²) in [6.45, 7) is 0. The average molecular weight is 298 g/mol. The molecule has 1 rings (SSSR count). The molecule has 0 heterocycles. The number of halogens is 2. The zero-order valence-electron chi connectivity index (χ0n) is 7.83. The monoisotopic (exact) mass is 297 g/mol. The molecule has 0 aliphatic carbocycles. The summed E-state index contributed by atoms with van der Waals surface area (Å²) in [6.07, 6.45) is 0. The van der Waals surface area contributed by atoms with Crippen LogP contribution in [0, 0.1) is 5.82 Å². The van der Waals surface area contributed by atoms with E-state index in [4.69, 9.17) is 4.74 Å². The van der Waals surface area contributed by atoms with E-state index in [2.05, 4.69) is 20.7 Å². The zero-order chi connectivity index (χ0) is 11.5. The van der Waals surface area contributed by atoms with Gasteiger partial charge in [0.2, 0.25) is 10.0 Å². The molecule has 0 spiro atoms. The van der Waals surface area contributed by atoms with Crippen LogP contribution in [0.2, 0.25) is 0 Å². The summed E-state index contributed by atoms with van der Waals surface area (Å²) in [4.78, 5) is 0. The van der Waals surface area contributed by atoms with Crippen molar-refractivity contribution >= 4 is 31.6 Å². The summed E-state index contributed by atoms with van der Waals surface area (Å²) >= 11 is 2.81. The Bertz CT molecular complexity index is 449. The van der Waals surface area contributed by atoms with Gasteiger partial charge in [-0.1, -0.05) is 15.9 Å². The minimum Gasteiger partial charge on any atom is -0.494 e. The highest BCUT2D eigenvalue weighted by Gasteiger charge is 2.09. The molecule has 0 saturated carbocycles. The molecule has 0 fully saturated rings. The van der Waals surface area contributed by atoms with Gasteiger partial charge in [0.1, 0.15) is 4.66 Å². The van der Waals surface area contributed by atoms with E-state index in [1.807, 2.05) is 0 Å². The maximum Gasteiger partial charge on any atom is 0.242 e. The lowest BCUT2D eigenvalue weighted by molar-refractivity contribution is 0.387. The molecule has 4 nitrogen and oxygen atoms in total. The van der Waals surface area contributed by atoms with Crippen LogP contribution in [0.1, 0.15) is 0 Å². The van der Waals surface area contributed by atoms with Crippen LogP contribution in [-0.2, 0) is 10.0 Å². The quantitative estimate of drug-likeness (QED) is 0.864. The number of alkyl halides is 1. The third kappa shape index (κ3) is 3.35. The second-order valence-electron chi connectivity index (χ2n) is 2.68. The predicted molar refractivity (Wildman–Crippen MR) is 59.3 cm³/mol. The first-order valence-electron chi connectivity index (χ1n) is 3.88. The van der Waals surface area contributed by atoms with Crippen LogP contribution in [-0.4, -0.2) is 20.2 Å². The van der Waals surface area contributed by atoms with Crippen molar-refractivity contribution < 1.29 is 17.5 Å². The van der Waals surface area contributed by atoms with Crippen LogP contribution in [0.5, 0.6) is 5.75 Å². The second-order valence-corrected chi connectivity index (χ2v) is 5.70. The van der Waals surface area contributed by atoms with Gasteiger partial charge in [-0.25, -0.2) is 12.8 Å². The van der Waals surface area contributed by atoms with Crippen LogP contribution in [0.3, 0.4) is 0 Å². The van der Waals surface area contributed by atoms with Crippen molar-refractivity contribution in [2.75, 3.05) is 16.5 Å². The first-order valence-corrected chi connectivity index (χ1v) is 6.66. The number of rotatable bonds is 4. The van der Waals surface area contributed by atoms with E-state index in [0.29, 0.717) is 0 Å². The summed E-state index contributed by atoms with van der Waals surface area (Å²) < 4.78 is 42.0. The number of sulfonamides is 1. The molecule has 0 radical (unpaired) electrons. The summed E-state index contributed by atoms with van der Waals surface area (Å²) in [6, 6.07) is 3.82. The Kier molecular flexibility index (Phi) is 3.92. The number of ether oxygens (including phenoxy) is 1. The largest absolute Gasteiger partial charge is 0.494 e. The fourth-order valence-electron chi connectivity index (χ4n) is 0.937. The smallest absolute Gasteiger partial charge is 0.242 e. The first kappa shape index (κ1) is 12.3. The Labute approximate surface area is 95.6 Å². The van der Waals surface area contributed by atoms with Gasteiger partial charge in [0.15, 0.2) is 11.6 Å². The van der Waals surface area contributed by atoms with Gasteiger partial charge < -0.3 is 4.74 Å². The Morgan fingerprint density at radius 3 is 2.67 bits per heavy atom. The molecule has 15 heavy (non-hydrogen) atoms. The van der Waals surface area contributed by atoms with E-state index in [9.17, 15) is 12.8 Å². The van der Waals surface area contributed by atoms with Gasteiger partial charge in [-0.05, 0) is 12.1 Å². The first-order chi connectivity index (χ1) is 6.98. The van der Waals surface area contributed by atoms with Crippen molar-refractivity contribution in [1.82, 2.24) is 0 Å². The molecular formula is C8H9BrFNO3S. The molecule has 0 atom stereocenters. The van der Waals surface area contributed by atoms with E-state index in [-0.39, 0.29) is 16.1 Å². The number of methoxy groups -OCH3 is 1. The van der Waals surface area contributed by atoms with Crippen molar-refractivity contribution in [3.8, 4) is 5.75 Å². The standard InChI is InChI=1S/C8H9BrFNO3S/c1-14-8-3-2-6(4-7(8)10)11-15(12,13)5-9/h2-4,11H,5H2,1H3. The van der Waals surface area contributed by atoms with Crippen LogP contribution in [0.25, 0.3) is 0 Å². The van der Waals surface area contributed by atoms with Gasteiger partial charge in [0, 0.05) is 6.07 Å². The highest BCUT2D eigenvalue weighted by atomic mass is 79.9. The van der Waals surface area contributed by atoms with E-state index < -0.39 is 15.8 Å². The number of hydrogen-bond acceptors (Lipinski definition) is 3. The van der Waals surface area contributed by atoms with Crippen molar-refractivity contribution in [1.29, 1.82) is 0 Å². The van der Waals surface area contributed by atoms with Crippen molar-refractivity contribution in [2.45, 2.75) is 0 Å². The fourth-order valence-corrected chi connectivity index (χ4v) is 1.82. The lowest BCUT2D eigenvalue weighted by Gasteiger charge is -2.07. The normalized spacial score (nSPS) is 11.1. The van der Waals surface area contributed by atoms with Crippen LogP contribution in [0.15, 0.2) is 18.2 Å². The summed E-state index contributed by atoms with van der Waals surface area (Å²) in [5.41, 5.74) is 0.160. The molecule has 1 aromatic rings. The van der Waals surface area contributed by atoms with Gasteiger partial charge in [-0.3, -0.25) is 4.72 Å². The lowest BCUT2D eigenvalue weighted by Crippen LogP contribution is -2.13. The van der Waals surface area contributed by atoms with E-state index in [0.717, 1.165) is 6.07 Å². The molecule has 0 aromatic heterocycles. The molecule has 0 amide bonds. The highest BCUT2D eigenvalue weighted by Crippen LogP contribution is 2.21. The van der Waals surface area contributed by atoms with E-state index >= 15 is 0 Å². The van der Waals surface area contributed by atoms with E-state index in [1.165, 1.54) is 19.2 Å². The molecule has 7 heteroatoms. The van der Waals surface area contributed by atoms with Crippen molar-refractivity contribution in [3.05, 3.63) is 24.0 Å². The van der Waals surface area contributed by atoms with Crippen LogP contribution >= 0.6 is 15.9 Å². The van der Waals surface area contributed by atoms with Crippen LogP contribution < -0.4 is 9.46 Å². The molecule has 0 unspecified atom stereocenters. The number of benzene rings is 1. The van der Waals surface area contributed by atoms with Gasteiger partial charge >= 0.3 is 0 Å². The molecule has 0 saturated heterocycles. The maximum atomic E-state index is 13.2. The van der Waals surface area contributed by atoms with Gasteiger partial charge in [-0.15, -0.1) is 0 Å². The summed E-state index contributed by atoms with van der Waals surface area (Å²) in [5.74, 6) is -0.552. The molecule has 1 N–H and O–H groups in total. The fraction of sp³-hybridized carbons (Fsp3) is 0.250. The molecule has 0 bridgehead atoms. The Morgan fingerprint density at radius 2 is 2.20 bits per heavy atom. The van der Waals surface area contributed by atoms with Gasteiger partial charge in [0.25, 0.3) is 0 Å². The average Bonchev–Trinajstić information content (AvgIpc) is 2.17. The number of anilines is 1. The Morgan fingerprint density at radius 1 is 1.53 bits per heavy atom. The summed E-state index contributed by atoms with van der Waals surface area (Å²) in [7, 11) is -2.12. The minimum atomic E-state index is -3.45. The topological polar surface area (TPSA) is 55.4 Å². The lowest BCUT2D eigenvalue weighted by atomic mass is 10.3. The molecule has 84 valence electrons. The second kappa shape index (κ2) is 4.80. The molecule has 0 aliphatic rings.